The van der Waals surface area contributed by atoms with Crippen LogP contribution in [0.1, 0.15) is 157 Å². The van der Waals surface area contributed by atoms with Crippen LogP contribution in [-0.4, -0.2) is 324 Å². The maximum Gasteiger partial charge on any atom is 0.460 e. The molecule has 10 unspecified atom stereocenters. The minimum Gasteiger partial charge on any atom is -0.463 e. The second-order valence-corrected chi connectivity index (χ2v) is 40.2. The first kappa shape index (κ1) is 122. The lowest BCUT2D eigenvalue weighted by atomic mass is 9.62. The Morgan fingerprint density at radius 3 is 1.07 bits per heavy atom. The van der Waals surface area contributed by atoms with Crippen molar-refractivity contribution in [3.63, 3.8) is 0 Å². The molecule has 0 saturated heterocycles. The SMILES string of the molecule is C=CC(=O)OCC(COC(=O)CCN(CC(F)(F)C(F)(F)C(F)(F)F)C1CC(C)(C)CC(C)(CNC(=O)OCC(COCC2CCCC(COCC(COC(=O)NCC3(C)CC(N(CCC(=O)OCC(COC(=O)C=C)OC(=O)C(F)(F)C(F)(F)C(F)(F)F)CC(F)(F)C(F)(F)C(F)(F)F)CC(C)(C)C3)OCCCCS(=O)(=O)O)C2)OCCCCS(=O)(=O)O)C1)OCCCCS(=O)(=O)O. The molecule has 0 aromatic rings. The number of amides is 2. The van der Waals surface area contributed by atoms with Crippen molar-refractivity contribution < 1.29 is 222 Å². The molecule has 0 aromatic heterocycles. The van der Waals surface area contributed by atoms with Crippen LogP contribution in [0.5, 0.6) is 0 Å². The van der Waals surface area contributed by atoms with Gasteiger partial charge in [0.1, 0.15) is 58.0 Å². The topological polar surface area (TPSA) is 424 Å². The van der Waals surface area contributed by atoms with E-state index in [0.29, 0.717) is 41.6 Å². The van der Waals surface area contributed by atoms with Gasteiger partial charge in [0.15, 0.2) is 6.10 Å². The largest absolute Gasteiger partial charge is 0.463 e. The Morgan fingerprint density at radius 1 is 0.433 bits per heavy atom. The summed E-state index contributed by atoms with van der Waals surface area (Å²) in [6.45, 7) is 1.02. The average molecular weight is 2050 g/mol. The molecule has 3 aliphatic carbocycles. The lowest BCUT2D eigenvalue weighted by Crippen LogP contribution is -2.60. The second-order valence-electron chi connectivity index (χ2n) is 35.5. The monoisotopic (exact) mass is 2050 g/mol. The minimum absolute atomic E-state index is 0.0121. The summed E-state index contributed by atoms with van der Waals surface area (Å²) in [6, 6.07) is -2.82. The van der Waals surface area contributed by atoms with Crippen LogP contribution in [0.15, 0.2) is 25.3 Å². The number of carbonyl (C=O) groups is 7. The number of carbonyl (C=O) groups excluding carboxylic acids is 7. The number of nitrogens with one attached hydrogen (secondary N) is 2. The number of esters is 5. The normalized spacial score (nSPS) is 21.3. The van der Waals surface area contributed by atoms with E-state index in [1.54, 1.807) is 20.8 Å². The number of ether oxygens (including phenoxy) is 12. The van der Waals surface area contributed by atoms with Gasteiger partial charge in [-0.2, -0.15) is 117 Å². The maximum absolute atomic E-state index is 15.5. The Hall–Kier alpha value is -6.65. The van der Waals surface area contributed by atoms with Crippen molar-refractivity contribution in [3.8, 4) is 0 Å². The number of halogens is 21. The summed E-state index contributed by atoms with van der Waals surface area (Å²) in [7, 11) is -13.2. The van der Waals surface area contributed by atoms with Gasteiger partial charge < -0.3 is 67.5 Å². The van der Waals surface area contributed by atoms with Crippen LogP contribution >= 0.6 is 0 Å². The number of alkyl halides is 21. The van der Waals surface area contributed by atoms with Gasteiger partial charge in [0.2, 0.25) is 0 Å². The van der Waals surface area contributed by atoms with Crippen molar-refractivity contribution in [2.24, 2.45) is 33.5 Å². The molecule has 10 atom stereocenters. The number of unbranched alkanes of at least 4 members (excludes halogenated alkanes) is 3. The molecule has 134 heavy (non-hydrogen) atoms. The standard InChI is InChI=1S/C78H117F21N4O28S3/c1-9-59(104)125-39-57(124-26-13-16-29-134(117,118)119)40-127-61(106)20-22-102(49-70(79,80)73(85,86)76(91,92)93)53-31-66(3,4)45-68(7,33-53)47-100-64(109)129-41-55(122-24-11-14-27-132(111,112)113)37-120-35-51-18-17-19-52(30-51)36-121-38-56(123-25-12-15-28-133(114,115)116)42-130-65(110)101-48-69(8)34-54(32-67(5,6)46-69)103(50-71(81,82)74(87,88)77(94,95)96)23-21-62(107)128-44-58(43-126-60(105)10-2)131-63(108)72(83,84)75(89,90)78(97,98)99/h9-10,51-58H,1-2,11-50H2,3-8H3,(H,100,109)(H,101,110)(H,111,112,113)(H,114,115,116)(H,117,118,119). The Kier molecular flexibility index (Phi) is 46.7. The summed E-state index contributed by atoms with van der Waals surface area (Å²) in [6.07, 6.45) is -29.1. The smallest absolute Gasteiger partial charge is 0.460 e. The highest BCUT2D eigenvalue weighted by Crippen LogP contribution is 2.54. The predicted molar refractivity (Wildman–Crippen MR) is 425 cm³/mol. The zero-order valence-electron chi connectivity index (χ0n) is 74.1. The van der Waals surface area contributed by atoms with Gasteiger partial charge in [-0.05, 0) is 130 Å². The zero-order valence-corrected chi connectivity index (χ0v) is 76.5. The molecule has 0 spiro atoms. The van der Waals surface area contributed by atoms with Crippen LogP contribution in [0.25, 0.3) is 0 Å². The van der Waals surface area contributed by atoms with Crippen LogP contribution in [0.3, 0.4) is 0 Å². The van der Waals surface area contributed by atoms with E-state index in [9.17, 15) is 143 Å². The maximum atomic E-state index is 15.5. The third-order valence-corrected chi connectivity index (χ3v) is 24.0. The van der Waals surface area contributed by atoms with Crippen LogP contribution in [0.4, 0.5) is 102 Å². The summed E-state index contributed by atoms with van der Waals surface area (Å²) in [5.74, 6) is -50.2. The fourth-order valence-electron chi connectivity index (χ4n) is 15.7. The van der Waals surface area contributed by atoms with Crippen molar-refractivity contribution in [2.75, 3.05) is 142 Å². The summed E-state index contributed by atoms with van der Waals surface area (Å²) in [5.41, 5.74) is -4.57. The molecule has 0 heterocycles. The fourth-order valence-corrected chi connectivity index (χ4v) is 17.4. The number of hydrogen-bond donors (Lipinski definition) is 5. The van der Waals surface area contributed by atoms with Gasteiger partial charge in [0.05, 0.1) is 56.4 Å². The van der Waals surface area contributed by atoms with Gasteiger partial charge in [-0.3, -0.25) is 33.0 Å². The van der Waals surface area contributed by atoms with Crippen molar-refractivity contribution in [3.05, 3.63) is 25.3 Å². The van der Waals surface area contributed by atoms with Gasteiger partial charge in [-0.25, -0.2) is 24.0 Å². The Morgan fingerprint density at radius 2 is 0.746 bits per heavy atom. The Labute approximate surface area is 760 Å². The number of alkyl carbamates (subject to hydrolysis) is 2. The van der Waals surface area contributed by atoms with E-state index in [1.165, 1.54) is 20.8 Å². The van der Waals surface area contributed by atoms with Gasteiger partial charge in [-0.1, -0.05) is 61.1 Å². The van der Waals surface area contributed by atoms with Gasteiger partial charge in [0, 0.05) is 83.4 Å². The van der Waals surface area contributed by atoms with E-state index in [1.807, 2.05) is 0 Å². The molecule has 0 bridgehead atoms. The number of hydrogen-bond acceptors (Lipinski definition) is 27. The molecular formula is C78H117F21N4O28S3. The van der Waals surface area contributed by atoms with Crippen molar-refractivity contribution in [2.45, 2.75) is 248 Å². The summed E-state index contributed by atoms with van der Waals surface area (Å²) >= 11 is 0. The Balaban J connectivity index is 1.77. The third kappa shape index (κ3) is 43.0. The molecule has 5 N–H and O–H groups in total. The van der Waals surface area contributed by atoms with Crippen LogP contribution in [0, 0.1) is 33.5 Å². The van der Waals surface area contributed by atoms with Crippen molar-refractivity contribution in [1.29, 1.82) is 0 Å². The summed E-state index contributed by atoms with van der Waals surface area (Å²) < 4.78 is 455. The molecule has 0 radical (unpaired) electrons. The summed E-state index contributed by atoms with van der Waals surface area (Å²) in [4.78, 5) is 89.9. The van der Waals surface area contributed by atoms with Crippen LogP contribution < -0.4 is 10.6 Å². The molecule has 0 aromatic carbocycles. The van der Waals surface area contributed by atoms with E-state index < -0.39 is 293 Å². The predicted octanol–water partition coefficient (Wildman–Crippen LogP) is 12.9. The van der Waals surface area contributed by atoms with E-state index >= 15 is 17.6 Å². The molecule has 3 aliphatic rings. The highest BCUT2D eigenvalue weighted by Gasteiger charge is 2.78. The van der Waals surface area contributed by atoms with Crippen LogP contribution in [0.2, 0.25) is 0 Å². The molecule has 32 nitrogen and oxygen atoms in total. The molecule has 3 rings (SSSR count). The molecule has 56 heteroatoms. The molecule has 0 aliphatic heterocycles. The molecule has 3 saturated carbocycles. The van der Waals surface area contributed by atoms with Gasteiger partial charge >= 0.3 is 96.1 Å². The molecule has 782 valence electrons. The van der Waals surface area contributed by atoms with Gasteiger partial charge in [0.25, 0.3) is 30.4 Å². The van der Waals surface area contributed by atoms with Crippen molar-refractivity contribution >= 4 is 72.4 Å². The first-order valence-corrected chi connectivity index (χ1v) is 46.7. The minimum atomic E-state index is -7.09. The summed E-state index contributed by atoms with van der Waals surface area (Å²) in [5, 5.41) is 5.00. The quantitative estimate of drug-likeness (QED) is 0.00943. The average Bonchev–Trinajstić information content (AvgIpc) is 0.769. The highest BCUT2D eigenvalue weighted by atomic mass is 32.2. The second kappa shape index (κ2) is 51.5. The molecular weight excluding hydrogens is 1940 g/mol. The van der Waals surface area contributed by atoms with E-state index in [4.69, 9.17) is 51.9 Å². The Bertz CT molecular complexity index is 4120. The van der Waals surface area contributed by atoms with E-state index in [2.05, 4.69) is 33.3 Å². The van der Waals surface area contributed by atoms with Crippen molar-refractivity contribution in [1.82, 2.24) is 20.4 Å². The molecule has 2 amide bonds. The number of rotatable bonds is 61. The fraction of sp³-hybridized carbons (Fsp3) is 0.859. The van der Waals surface area contributed by atoms with E-state index in [-0.39, 0.29) is 135 Å². The van der Waals surface area contributed by atoms with Crippen LogP contribution in [-0.2, 0) is 111 Å². The highest BCUT2D eigenvalue weighted by molar-refractivity contribution is 7.86. The van der Waals surface area contributed by atoms with Gasteiger partial charge in [-0.15, -0.1) is 0 Å². The lowest BCUT2D eigenvalue weighted by Gasteiger charge is -2.50. The third-order valence-electron chi connectivity index (χ3n) is 21.6. The van der Waals surface area contributed by atoms with E-state index in [0.717, 1.165) is 6.08 Å². The lowest BCUT2D eigenvalue weighted by molar-refractivity contribution is -0.357. The molecule has 3 fully saturated rings. The first-order valence-electron chi connectivity index (χ1n) is 41.9. The zero-order chi connectivity index (χ0) is 102. The first-order chi connectivity index (χ1) is 61.1. The number of nitrogens with zero attached hydrogens (tertiary/aromatic N) is 2.